The zero-order valence-electron chi connectivity index (χ0n) is 8.78. The second-order valence-electron chi connectivity index (χ2n) is 3.59. The van der Waals surface area contributed by atoms with Crippen molar-refractivity contribution in [1.29, 1.82) is 0 Å². The highest BCUT2D eigenvalue weighted by Gasteiger charge is 2.48. The Balaban J connectivity index is 2.81. The molecule has 0 amide bonds. The lowest BCUT2D eigenvalue weighted by Gasteiger charge is -2.27. The average Bonchev–Trinajstić information content (AvgIpc) is 2.09. The molecule has 1 aliphatic rings. The predicted molar refractivity (Wildman–Crippen MR) is 50.9 cm³/mol. The monoisotopic (exact) mass is 259 g/mol. The summed E-state index contributed by atoms with van der Waals surface area (Å²) in [5, 5.41) is 0. The van der Waals surface area contributed by atoms with Crippen LogP contribution in [0.3, 0.4) is 0 Å². The maximum absolute atomic E-state index is 12.0. The minimum atomic E-state index is -5.53. The van der Waals surface area contributed by atoms with E-state index in [1.165, 1.54) is 6.08 Å². The Morgan fingerprint density at radius 2 is 2.06 bits per heavy atom. The Labute approximate surface area is 91.8 Å². The summed E-state index contributed by atoms with van der Waals surface area (Å²) in [6.45, 7) is 2.20. The molecule has 0 aromatic heterocycles. The fourth-order valence-corrected chi connectivity index (χ4v) is 1.74. The molecule has 0 aromatic carbocycles. The first-order valence-electron chi connectivity index (χ1n) is 4.55. The van der Waals surface area contributed by atoms with Crippen molar-refractivity contribution in [2.75, 3.05) is 13.6 Å². The highest BCUT2D eigenvalue weighted by Crippen LogP contribution is 2.28. The maximum atomic E-state index is 12.0. The summed E-state index contributed by atoms with van der Waals surface area (Å²) in [6, 6.07) is -0.146. The molecule has 0 fully saturated rings. The van der Waals surface area contributed by atoms with E-state index in [4.69, 9.17) is 0 Å². The highest BCUT2D eigenvalue weighted by molar-refractivity contribution is 7.87. The molecule has 0 N–H and O–H groups in total. The quantitative estimate of drug-likeness (QED) is 0.556. The van der Waals surface area contributed by atoms with E-state index < -0.39 is 15.6 Å². The van der Waals surface area contributed by atoms with Crippen molar-refractivity contribution in [3.05, 3.63) is 11.8 Å². The Kier molecular flexibility index (Phi) is 3.53. The minimum absolute atomic E-state index is 0.146. The van der Waals surface area contributed by atoms with Crippen LogP contribution >= 0.6 is 0 Å². The predicted octanol–water partition coefficient (Wildman–Crippen LogP) is 1.46. The van der Waals surface area contributed by atoms with Gasteiger partial charge < -0.3 is 4.18 Å². The van der Waals surface area contributed by atoms with E-state index in [0.29, 0.717) is 6.54 Å². The summed E-state index contributed by atoms with van der Waals surface area (Å²) in [7, 11) is -3.74. The van der Waals surface area contributed by atoms with Crippen molar-refractivity contribution in [2.24, 2.45) is 0 Å². The summed E-state index contributed by atoms with van der Waals surface area (Å²) in [4.78, 5) is 1.87. The van der Waals surface area contributed by atoms with Gasteiger partial charge in [-0.1, -0.05) is 0 Å². The van der Waals surface area contributed by atoms with Crippen LogP contribution in [-0.2, 0) is 14.3 Å². The summed E-state index contributed by atoms with van der Waals surface area (Å²) in [5.74, 6) is -0.150. The highest BCUT2D eigenvalue weighted by atomic mass is 32.2. The third-order valence-corrected chi connectivity index (χ3v) is 3.33. The summed E-state index contributed by atoms with van der Waals surface area (Å²) in [5.41, 5.74) is -5.37. The maximum Gasteiger partial charge on any atom is 0.534 e. The van der Waals surface area contributed by atoms with Gasteiger partial charge in [0.1, 0.15) is 5.76 Å². The van der Waals surface area contributed by atoms with Crippen LogP contribution in [0.5, 0.6) is 0 Å². The van der Waals surface area contributed by atoms with Crippen LogP contribution in [0.2, 0.25) is 0 Å². The molecule has 0 saturated carbocycles. The van der Waals surface area contributed by atoms with Gasteiger partial charge in [0.25, 0.3) is 0 Å². The van der Waals surface area contributed by atoms with Crippen LogP contribution < -0.4 is 0 Å². The Morgan fingerprint density at radius 1 is 1.50 bits per heavy atom. The minimum Gasteiger partial charge on any atom is -0.381 e. The van der Waals surface area contributed by atoms with Crippen molar-refractivity contribution in [3.63, 3.8) is 0 Å². The van der Waals surface area contributed by atoms with Gasteiger partial charge in [-0.3, -0.25) is 4.90 Å². The number of halogens is 3. The summed E-state index contributed by atoms with van der Waals surface area (Å²) >= 11 is 0. The second-order valence-corrected chi connectivity index (χ2v) is 5.13. The van der Waals surface area contributed by atoms with Gasteiger partial charge in [-0.05, 0) is 20.0 Å². The lowest BCUT2D eigenvalue weighted by Crippen LogP contribution is -2.34. The molecule has 4 nitrogen and oxygen atoms in total. The van der Waals surface area contributed by atoms with Gasteiger partial charge >= 0.3 is 15.6 Å². The molecule has 1 atom stereocenters. The zero-order valence-corrected chi connectivity index (χ0v) is 9.60. The van der Waals surface area contributed by atoms with E-state index >= 15 is 0 Å². The first-order chi connectivity index (χ1) is 7.13. The third kappa shape index (κ3) is 2.88. The van der Waals surface area contributed by atoms with Crippen molar-refractivity contribution in [2.45, 2.75) is 24.9 Å². The number of likely N-dealkylation sites (N-methyl/N-ethyl adjacent to an activating group) is 1. The molecule has 16 heavy (non-hydrogen) atoms. The summed E-state index contributed by atoms with van der Waals surface area (Å²) < 4.78 is 61.5. The topological polar surface area (TPSA) is 46.6 Å². The van der Waals surface area contributed by atoms with Gasteiger partial charge in [0.05, 0.1) is 0 Å². The van der Waals surface area contributed by atoms with Crippen molar-refractivity contribution in [1.82, 2.24) is 4.90 Å². The van der Waals surface area contributed by atoms with Crippen molar-refractivity contribution >= 4 is 10.1 Å². The molecular formula is C8H12F3NO3S. The molecule has 0 unspecified atom stereocenters. The van der Waals surface area contributed by atoms with E-state index in [9.17, 15) is 21.6 Å². The van der Waals surface area contributed by atoms with Crippen LogP contribution in [0.25, 0.3) is 0 Å². The molecule has 0 spiro atoms. The SMILES string of the molecule is C[C@H]1C=C(OS(=O)(=O)C(F)(F)F)CCN1C. The van der Waals surface area contributed by atoms with Crippen LogP contribution in [-0.4, -0.2) is 38.5 Å². The Bertz CT molecular complexity index is 388. The summed E-state index contributed by atoms with van der Waals surface area (Å²) in [6.07, 6.45) is 1.52. The molecule has 0 bridgehead atoms. The largest absolute Gasteiger partial charge is 0.534 e. The molecule has 0 radical (unpaired) electrons. The third-order valence-electron chi connectivity index (χ3n) is 2.33. The first-order valence-corrected chi connectivity index (χ1v) is 5.96. The zero-order chi connectivity index (χ0) is 12.6. The van der Waals surface area contributed by atoms with Crippen molar-refractivity contribution < 1.29 is 25.8 Å². The van der Waals surface area contributed by atoms with E-state index in [2.05, 4.69) is 4.18 Å². The number of alkyl halides is 3. The molecule has 1 aliphatic heterocycles. The molecule has 1 rings (SSSR count). The number of rotatable bonds is 2. The van der Waals surface area contributed by atoms with Crippen LogP contribution in [0.4, 0.5) is 13.2 Å². The number of nitrogens with zero attached hydrogens (tertiary/aromatic N) is 1. The molecule has 0 aromatic rings. The first kappa shape index (κ1) is 13.3. The molecule has 0 saturated heterocycles. The lowest BCUT2D eigenvalue weighted by molar-refractivity contribution is -0.0525. The number of hydrogen-bond donors (Lipinski definition) is 0. The van der Waals surface area contributed by atoms with Gasteiger partial charge in [0.2, 0.25) is 0 Å². The standard InChI is InChI=1S/C8H12F3NO3S/c1-6-5-7(3-4-12(6)2)15-16(13,14)8(9,10)11/h5-6H,3-4H2,1-2H3/t6-/m0/s1. The van der Waals surface area contributed by atoms with E-state index in [0.717, 1.165) is 0 Å². The van der Waals surface area contributed by atoms with E-state index in [-0.39, 0.29) is 18.2 Å². The van der Waals surface area contributed by atoms with Gasteiger partial charge in [-0.15, -0.1) is 0 Å². The van der Waals surface area contributed by atoms with E-state index in [1.54, 1.807) is 14.0 Å². The fraction of sp³-hybridized carbons (Fsp3) is 0.750. The van der Waals surface area contributed by atoms with Gasteiger partial charge in [0.15, 0.2) is 0 Å². The van der Waals surface area contributed by atoms with Crippen molar-refractivity contribution in [3.8, 4) is 0 Å². The lowest BCUT2D eigenvalue weighted by atomic mass is 10.1. The van der Waals surface area contributed by atoms with Crippen LogP contribution in [0.15, 0.2) is 11.8 Å². The normalized spacial score (nSPS) is 24.1. The smallest absolute Gasteiger partial charge is 0.381 e. The molecule has 8 heteroatoms. The number of hydrogen-bond acceptors (Lipinski definition) is 4. The van der Waals surface area contributed by atoms with Gasteiger partial charge in [0, 0.05) is 19.0 Å². The Hall–Kier alpha value is -0.760. The fourth-order valence-electron chi connectivity index (χ4n) is 1.23. The average molecular weight is 259 g/mol. The second kappa shape index (κ2) is 4.25. The van der Waals surface area contributed by atoms with Crippen LogP contribution in [0, 0.1) is 0 Å². The van der Waals surface area contributed by atoms with Gasteiger partial charge in [-0.2, -0.15) is 21.6 Å². The van der Waals surface area contributed by atoms with Crippen LogP contribution in [0.1, 0.15) is 13.3 Å². The molecule has 94 valence electrons. The van der Waals surface area contributed by atoms with Gasteiger partial charge in [-0.25, -0.2) is 0 Å². The molecule has 0 aliphatic carbocycles. The Morgan fingerprint density at radius 3 is 2.50 bits per heavy atom. The molecule has 1 heterocycles. The van der Waals surface area contributed by atoms with E-state index in [1.807, 2.05) is 4.90 Å². The molecular weight excluding hydrogens is 247 g/mol.